The summed E-state index contributed by atoms with van der Waals surface area (Å²) in [5, 5.41) is 43.5. The number of nitrogens with two attached hydrogens (primary N) is 2. The van der Waals surface area contributed by atoms with Crippen LogP contribution in [0.4, 0.5) is 56.9 Å². The quantitative estimate of drug-likeness (QED) is 0.0174. The van der Waals surface area contributed by atoms with E-state index in [9.17, 15) is 48.1 Å². The van der Waals surface area contributed by atoms with E-state index in [2.05, 4.69) is 49.3 Å². The number of aromatic carboxylic acids is 1. The van der Waals surface area contributed by atoms with Gasteiger partial charge in [-0.1, -0.05) is 23.8 Å². The van der Waals surface area contributed by atoms with E-state index in [0.717, 1.165) is 23.8 Å². The van der Waals surface area contributed by atoms with Crippen molar-refractivity contribution >= 4 is 104 Å². The minimum atomic E-state index is -4.88. The predicted molar refractivity (Wildman–Crippen MR) is 246 cm³/mol. The van der Waals surface area contributed by atoms with Gasteiger partial charge in [0.05, 0.1) is 59.4 Å². The molecule has 5 rings (SSSR count). The summed E-state index contributed by atoms with van der Waals surface area (Å²) in [5.74, 6) is -2.45. The number of benzene rings is 5. The molecule has 0 saturated heterocycles. The molecule has 0 amide bonds. The highest BCUT2D eigenvalue weighted by Crippen LogP contribution is 2.50. The van der Waals surface area contributed by atoms with Gasteiger partial charge in [0.2, 0.25) is 0 Å². The van der Waals surface area contributed by atoms with Crippen molar-refractivity contribution in [1.29, 1.82) is 0 Å². The molecule has 69 heavy (non-hydrogen) atoms. The molecule has 0 fully saturated rings. The van der Waals surface area contributed by atoms with Gasteiger partial charge in [-0.2, -0.15) is 40.6 Å². The third kappa shape index (κ3) is 14.7. The van der Waals surface area contributed by atoms with Crippen LogP contribution in [0.25, 0.3) is 0 Å². The topological polar surface area (TPSA) is 413 Å². The first-order chi connectivity index (χ1) is 32.3. The molecule has 8 N–H and O–H groups in total. The van der Waals surface area contributed by atoms with Crippen LogP contribution in [-0.4, -0.2) is 84.5 Å². The molecular weight excluding hydrogens is 993 g/mol. The smallest absolute Gasteiger partial charge is 0.397 e. The number of carboxylic acids is 1. The van der Waals surface area contributed by atoms with E-state index < -0.39 is 98.9 Å². The van der Waals surface area contributed by atoms with Crippen molar-refractivity contribution in [3.05, 3.63) is 101 Å². The third-order valence-electron chi connectivity index (χ3n) is 9.22. The van der Waals surface area contributed by atoms with Crippen molar-refractivity contribution in [3.8, 4) is 5.75 Å². The lowest BCUT2D eigenvalue weighted by atomic mass is 10.1. The van der Waals surface area contributed by atoms with Gasteiger partial charge >= 0.3 is 26.8 Å². The normalized spacial score (nSPS) is 12.8. The van der Waals surface area contributed by atoms with Crippen LogP contribution < -0.4 is 16.2 Å². The Labute approximate surface area is 394 Å². The Hall–Kier alpha value is -7.03. The number of anilines is 2. The fraction of sp³-hybridized carbons (Fsp3) is 0.205. The number of carboxylic acid groups (broad SMARTS) is 1. The number of ether oxygens (including phenoxy) is 1. The number of hydrogen-bond acceptors (Lipinski definition) is 22. The first-order valence-corrected chi connectivity index (χ1v) is 25.2. The van der Waals surface area contributed by atoms with Crippen molar-refractivity contribution in [2.75, 3.05) is 37.5 Å². The maximum Gasteiger partial charge on any atom is 0.397 e. The highest BCUT2D eigenvalue weighted by atomic mass is 32.3. The Morgan fingerprint density at radius 3 is 1.68 bits per heavy atom. The number of methoxy groups -OCH3 is 1. The molecule has 366 valence electrons. The highest BCUT2D eigenvalue weighted by molar-refractivity contribution is 7.91. The van der Waals surface area contributed by atoms with E-state index >= 15 is 0 Å². The van der Waals surface area contributed by atoms with Gasteiger partial charge in [-0.3, -0.25) is 13.7 Å². The van der Waals surface area contributed by atoms with Crippen molar-refractivity contribution in [2.24, 2.45) is 40.9 Å². The average Bonchev–Trinajstić information content (AvgIpc) is 3.26. The van der Waals surface area contributed by atoms with Gasteiger partial charge in [-0.25, -0.2) is 21.6 Å². The molecule has 0 aliphatic rings. The van der Waals surface area contributed by atoms with Crippen molar-refractivity contribution in [2.45, 2.75) is 36.5 Å². The summed E-state index contributed by atoms with van der Waals surface area (Å²) in [6, 6.07) is 18.0. The molecule has 0 aliphatic heterocycles. The van der Waals surface area contributed by atoms with E-state index in [1.54, 1.807) is 31.2 Å². The summed E-state index contributed by atoms with van der Waals surface area (Å²) < 4.78 is 134. The molecule has 0 atom stereocenters. The summed E-state index contributed by atoms with van der Waals surface area (Å²) in [7, 11) is -17.2. The zero-order valence-corrected chi connectivity index (χ0v) is 39.4. The van der Waals surface area contributed by atoms with Crippen LogP contribution in [0.15, 0.2) is 130 Å². The fourth-order valence-corrected chi connectivity index (χ4v) is 8.34. The summed E-state index contributed by atoms with van der Waals surface area (Å²) in [6.45, 7) is 2.15. The molecule has 30 heteroatoms. The summed E-state index contributed by atoms with van der Waals surface area (Å²) in [5.41, 5.74) is 12.0. The van der Waals surface area contributed by atoms with Crippen molar-refractivity contribution < 1.29 is 70.3 Å². The molecule has 26 nitrogen and oxygen atoms in total. The standard InChI is InChI=1S/C39H40N10O16S4/c1-22-6-9-25(10-7-22)43-49-38-34(40)36(47-42-26-11-13-27(14-12-26)66(52,53)18-17-65-69(60,61)62)33(39(50)51)37(35(38)41)48-46-30-19-23(2)29(21-31(30)63-3)45-44-28-15-8-24(20-32(28)67(54,55)56)5-4-16-64-68(57,58)59/h6-15,19-21H,4-5,16-18,40-41H2,1-3H3,(H,50,51)(H,54,55,56)(H,57,58,59)(H,60,61,62). The molecule has 0 aliphatic carbocycles. The Morgan fingerprint density at radius 2 is 1.13 bits per heavy atom. The fourth-order valence-electron chi connectivity index (χ4n) is 5.85. The average molecular weight is 1030 g/mol. The van der Waals surface area contributed by atoms with Gasteiger partial charge < -0.3 is 21.3 Å². The number of carbonyl (C=O) groups is 1. The van der Waals surface area contributed by atoms with Gasteiger partial charge in [0, 0.05) is 6.07 Å². The van der Waals surface area contributed by atoms with Crippen LogP contribution in [0.2, 0.25) is 0 Å². The SMILES string of the molecule is COc1cc(N=Nc2ccc(CCCOS(=O)(=O)O)cc2S(=O)(=O)O)c(C)cc1N=Nc1c(N)c(N=Nc2ccc(C)cc2)c(N)c(N=Nc2ccc(S(=O)(=O)CCOS(=O)(=O)O)cc2)c1C(=O)O. The monoisotopic (exact) mass is 1030 g/mol. The van der Waals surface area contributed by atoms with E-state index in [1.807, 2.05) is 6.92 Å². The van der Waals surface area contributed by atoms with Crippen molar-refractivity contribution in [1.82, 2.24) is 0 Å². The van der Waals surface area contributed by atoms with Gasteiger partial charge in [-0.15, -0.1) is 25.6 Å². The van der Waals surface area contributed by atoms with Crippen LogP contribution >= 0.6 is 0 Å². The largest absolute Gasteiger partial charge is 0.494 e. The van der Waals surface area contributed by atoms with Crippen LogP contribution in [-0.2, 0) is 55.5 Å². The van der Waals surface area contributed by atoms with E-state index in [-0.39, 0.29) is 51.9 Å². The van der Waals surface area contributed by atoms with Crippen LogP contribution in [0, 0.1) is 13.8 Å². The zero-order chi connectivity index (χ0) is 50.9. The summed E-state index contributed by atoms with van der Waals surface area (Å²) >= 11 is 0. The number of hydrogen-bond donors (Lipinski definition) is 6. The number of rotatable bonds is 21. The van der Waals surface area contributed by atoms with Crippen LogP contribution in [0.1, 0.15) is 33.5 Å². The van der Waals surface area contributed by atoms with E-state index in [4.69, 9.17) is 25.3 Å². The Bertz CT molecular complexity index is 3350. The molecule has 0 aromatic heterocycles. The second kappa shape index (κ2) is 21.9. The van der Waals surface area contributed by atoms with Gasteiger partial charge in [-0.05, 0) is 92.4 Å². The maximum absolute atomic E-state index is 13.0. The minimum absolute atomic E-state index is 0.00253. The van der Waals surface area contributed by atoms with Gasteiger partial charge in [0.25, 0.3) is 10.1 Å². The zero-order valence-electron chi connectivity index (χ0n) is 36.1. The lowest BCUT2D eigenvalue weighted by Crippen LogP contribution is -2.15. The molecule has 0 unspecified atom stereocenters. The molecular formula is C39H40N10O16S4. The number of sulfone groups is 1. The minimum Gasteiger partial charge on any atom is -0.494 e. The first kappa shape index (κ1) is 52.9. The second-order valence-electron chi connectivity index (χ2n) is 14.2. The molecule has 0 radical (unpaired) electrons. The highest BCUT2D eigenvalue weighted by Gasteiger charge is 2.27. The van der Waals surface area contributed by atoms with Gasteiger partial charge in [0.15, 0.2) is 9.84 Å². The van der Waals surface area contributed by atoms with Crippen molar-refractivity contribution in [3.63, 3.8) is 0 Å². The Balaban J connectivity index is 1.54. The number of nitrogens with zero attached hydrogens (tertiary/aromatic N) is 8. The van der Waals surface area contributed by atoms with Crippen LogP contribution in [0.5, 0.6) is 5.75 Å². The lowest BCUT2D eigenvalue weighted by Gasteiger charge is -2.13. The van der Waals surface area contributed by atoms with Crippen LogP contribution in [0.3, 0.4) is 0 Å². The second-order valence-corrected chi connectivity index (χ2v) is 19.9. The molecule has 5 aromatic rings. The van der Waals surface area contributed by atoms with Gasteiger partial charge in [0.1, 0.15) is 44.6 Å². The molecule has 5 aromatic carbocycles. The Morgan fingerprint density at radius 1 is 0.609 bits per heavy atom. The van der Waals surface area contributed by atoms with E-state index in [0.29, 0.717) is 16.8 Å². The number of azo groups is 4. The number of aryl methyl sites for hydroxylation is 3. The molecule has 0 heterocycles. The summed E-state index contributed by atoms with van der Waals surface area (Å²) in [6.07, 6.45) is 0.154. The first-order valence-electron chi connectivity index (χ1n) is 19.3. The predicted octanol–water partition coefficient (Wildman–Crippen LogP) is 8.43. The maximum atomic E-state index is 13.0. The Kier molecular flexibility index (Phi) is 16.8. The number of nitrogen functional groups attached to an aromatic ring is 2. The molecule has 0 bridgehead atoms. The lowest BCUT2D eigenvalue weighted by molar-refractivity contribution is 0.0698. The van der Waals surface area contributed by atoms with E-state index in [1.165, 1.54) is 43.5 Å². The summed E-state index contributed by atoms with van der Waals surface area (Å²) in [4.78, 5) is 12.1. The molecule has 0 spiro atoms. The molecule has 0 saturated carbocycles. The third-order valence-corrected chi connectivity index (χ3v) is 12.7.